The molecule has 10 heteroatoms. The van der Waals surface area contributed by atoms with Gasteiger partial charge in [-0.15, -0.1) is 10.2 Å². The van der Waals surface area contributed by atoms with E-state index in [0.29, 0.717) is 6.04 Å². The smallest absolute Gasteiger partial charge is 0.410 e. The van der Waals surface area contributed by atoms with Crippen molar-refractivity contribution in [1.82, 2.24) is 29.9 Å². The van der Waals surface area contributed by atoms with Crippen LogP contribution in [0.2, 0.25) is 0 Å². The molecule has 6 heterocycles. The molecule has 1 N–H and O–H groups in total. The van der Waals surface area contributed by atoms with Crippen LogP contribution in [0.1, 0.15) is 71.9 Å². The van der Waals surface area contributed by atoms with Crippen molar-refractivity contribution in [1.29, 1.82) is 0 Å². The van der Waals surface area contributed by atoms with E-state index in [9.17, 15) is 4.79 Å². The number of nitrogens with one attached hydrogen (secondary N) is 1. The van der Waals surface area contributed by atoms with Gasteiger partial charge in [-0.25, -0.2) is 9.48 Å². The topological polar surface area (TPSA) is 101 Å². The Morgan fingerprint density at radius 3 is 2.51 bits per heavy atom. The number of carbonyl (C=O) groups is 1. The molecule has 2 unspecified atom stereocenters. The number of hydrogen-bond acceptors (Lipinski definition) is 7. The minimum atomic E-state index is -0.485. The number of benzene rings is 1. The summed E-state index contributed by atoms with van der Waals surface area (Å²) in [4.78, 5) is 20.5. The lowest BCUT2D eigenvalue weighted by Crippen LogP contribution is -2.53. The zero-order chi connectivity index (χ0) is 29.7. The number of rotatable bonds is 5. The van der Waals surface area contributed by atoms with Crippen LogP contribution >= 0.6 is 0 Å². The SMILES string of the molecule is CN(c1ccc(-c2ccc(-c3cnn(C4CCCCO4)c3)c3cc[nH]c23)nn1)C1C[C@H]2CC[C@@H](C1)N2C(=O)OC(C)(C)C. The highest BCUT2D eigenvalue weighted by Crippen LogP contribution is 2.40. The lowest BCUT2D eigenvalue weighted by Gasteiger charge is -2.42. The molecule has 3 fully saturated rings. The predicted molar refractivity (Wildman–Crippen MR) is 166 cm³/mol. The molecule has 0 radical (unpaired) electrons. The summed E-state index contributed by atoms with van der Waals surface area (Å²) >= 11 is 0. The average molecular weight is 584 g/mol. The van der Waals surface area contributed by atoms with Gasteiger partial charge in [-0.2, -0.15) is 5.10 Å². The summed E-state index contributed by atoms with van der Waals surface area (Å²) in [6.45, 7) is 6.57. The molecule has 3 saturated heterocycles. The Bertz CT molecular complexity index is 1580. The Hall–Kier alpha value is -3.92. The second-order valence-corrected chi connectivity index (χ2v) is 13.2. The maximum Gasteiger partial charge on any atom is 0.410 e. The number of H-pyrrole nitrogens is 1. The Kier molecular flexibility index (Phi) is 7.12. The lowest BCUT2D eigenvalue weighted by molar-refractivity contribution is -0.0394. The van der Waals surface area contributed by atoms with Crippen molar-refractivity contribution >= 4 is 22.8 Å². The van der Waals surface area contributed by atoms with Crippen molar-refractivity contribution in [3.05, 3.63) is 48.9 Å². The van der Waals surface area contributed by atoms with Gasteiger partial charge < -0.3 is 24.3 Å². The first-order valence-electron chi connectivity index (χ1n) is 15.6. The van der Waals surface area contributed by atoms with Crippen molar-refractivity contribution in [2.75, 3.05) is 18.6 Å². The number of ether oxygens (including phenoxy) is 2. The third-order valence-corrected chi connectivity index (χ3v) is 9.23. The van der Waals surface area contributed by atoms with Crippen LogP contribution in [0.5, 0.6) is 0 Å². The number of nitrogens with zero attached hydrogens (tertiary/aromatic N) is 6. The molecule has 1 aromatic carbocycles. The molecule has 4 atom stereocenters. The van der Waals surface area contributed by atoms with Crippen LogP contribution in [0.3, 0.4) is 0 Å². The molecule has 4 aromatic rings. The fourth-order valence-corrected chi connectivity index (χ4v) is 7.11. The first-order valence-corrected chi connectivity index (χ1v) is 15.6. The minimum Gasteiger partial charge on any atom is -0.444 e. The van der Waals surface area contributed by atoms with Gasteiger partial charge in [0.15, 0.2) is 5.82 Å². The summed E-state index contributed by atoms with van der Waals surface area (Å²) in [6.07, 6.45) is 13.0. The standard InChI is InChI=1S/C33H41N7O3/c1-33(2,3)43-32(41)40-22-8-9-23(40)18-24(17-22)38(4)29-13-12-28(36-37-29)27-11-10-25(26-14-15-34-31(26)27)21-19-35-39(20-21)30-7-5-6-16-42-30/h10-15,19-20,22-24,30,34H,5-9,16-18H2,1-4H3/t22-,23+,24?,30?. The first kappa shape index (κ1) is 27.9. The molecular weight excluding hydrogens is 542 g/mol. The van der Waals surface area contributed by atoms with Crippen molar-refractivity contribution in [2.45, 2.75) is 95.7 Å². The molecule has 43 heavy (non-hydrogen) atoms. The molecule has 1 amide bonds. The predicted octanol–water partition coefficient (Wildman–Crippen LogP) is 6.55. The summed E-state index contributed by atoms with van der Waals surface area (Å²) in [7, 11) is 2.09. The van der Waals surface area contributed by atoms with Gasteiger partial charge in [0, 0.05) is 60.7 Å². The van der Waals surface area contributed by atoms with E-state index >= 15 is 0 Å². The van der Waals surface area contributed by atoms with E-state index in [2.05, 4.69) is 68.8 Å². The van der Waals surface area contributed by atoms with E-state index in [1.165, 1.54) is 6.42 Å². The van der Waals surface area contributed by atoms with E-state index in [4.69, 9.17) is 9.47 Å². The summed E-state index contributed by atoms with van der Waals surface area (Å²) in [6, 6.07) is 11.2. The van der Waals surface area contributed by atoms with Crippen molar-refractivity contribution in [3.8, 4) is 22.4 Å². The van der Waals surface area contributed by atoms with E-state index in [-0.39, 0.29) is 24.4 Å². The maximum absolute atomic E-state index is 12.9. The number of carbonyl (C=O) groups excluding carboxylic acids is 1. The van der Waals surface area contributed by atoms with Crippen LogP contribution in [0.15, 0.2) is 48.9 Å². The Morgan fingerprint density at radius 2 is 1.81 bits per heavy atom. The molecule has 3 aromatic heterocycles. The van der Waals surface area contributed by atoms with Gasteiger partial charge in [-0.1, -0.05) is 6.07 Å². The molecule has 2 bridgehead atoms. The Balaban J connectivity index is 1.07. The highest BCUT2D eigenvalue weighted by molar-refractivity contribution is 6.02. The van der Waals surface area contributed by atoms with E-state index < -0.39 is 5.60 Å². The summed E-state index contributed by atoms with van der Waals surface area (Å²) in [5.74, 6) is 0.843. The van der Waals surface area contributed by atoms with E-state index in [1.54, 1.807) is 0 Å². The maximum atomic E-state index is 12.9. The average Bonchev–Trinajstić information content (AvgIpc) is 3.74. The second kappa shape index (κ2) is 11.0. The van der Waals surface area contributed by atoms with Gasteiger partial charge >= 0.3 is 6.09 Å². The third-order valence-electron chi connectivity index (χ3n) is 9.23. The molecule has 10 nitrogen and oxygen atoms in total. The normalized spacial score (nSPS) is 24.0. The van der Waals surface area contributed by atoms with Crippen LogP contribution in [0, 0.1) is 0 Å². The number of hydrogen-bond donors (Lipinski definition) is 1. The molecule has 7 rings (SSSR count). The molecule has 0 spiro atoms. The van der Waals surface area contributed by atoms with Crippen LogP contribution in [-0.2, 0) is 9.47 Å². The largest absolute Gasteiger partial charge is 0.444 e. The highest BCUT2D eigenvalue weighted by Gasteiger charge is 2.46. The number of amides is 1. The first-order chi connectivity index (χ1) is 20.7. The van der Waals surface area contributed by atoms with Crippen molar-refractivity contribution in [2.24, 2.45) is 0 Å². The zero-order valence-corrected chi connectivity index (χ0v) is 25.5. The fraction of sp³-hybridized carbons (Fsp3) is 0.515. The lowest BCUT2D eigenvalue weighted by atomic mass is 9.96. The second-order valence-electron chi connectivity index (χ2n) is 13.2. The summed E-state index contributed by atoms with van der Waals surface area (Å²) in [5, 5.41) is 15.1. The number of piperidine rings is 1. The van der Waals surface area contributed by atoms with Crippen molar-refractivity contribution < 1.29 is 14.3 Å². The fourth-order valence-electron chi connectivity index (χ4n) is 7.11. The summed E-state index contributed by atoms with van der Waals surface area (Å²) in [5.41, 5.74) is 4.57. The van der Waals surface area contributed by atoms with Crippen LogP contribution < -0.4 is 4.90 Å². The van der Waals surface area contributed by atoms with Crippen LogP contribution in [0.25, 0.3) is 33.3 Å². The van der Waals surface area contributed by atoms with Gasteiger partial charge in [-0.05, 0) is 95.5 Å². The van der Waals surface area contributed by atoms with Gasteiger partial charge in [0.1, 0.15) is 11.8 Å². The molecule has 0 saturated carbocycles. The van der Waals surface area contributed by atoms with Gasteiger partial charge in [0.05, 0.1) is 17.4 Å². The van der Waals surface area contributed by atoms with Crippen LogP contribution in [-0.4, -0.2) is 73.3 Å². The Labute approximate surface area is 252 Å². The number of fused-ring (bicyclic) bond motifs is 3. The van der Waals surface area contributed by atoms with E-state index in [0.717, 1.165) is 84.2 Å². The molecule has 3 aliphatic heterocycles. The van der Waals surface area contributed by atoms with Gasteiger partial charge in [-0.3, -0.25) is 0 Å². The Morgan fingerprint density at radius 1 is 1.02 bits per heavy atom. The van der Waals surface area contributed by atoms with Gasteiger partial charge in [0.2, 0.25) is 0 Å². The van der Waals surface area contributed by atoms with Crippen molar-refractivity contribution in [3.63, 3.8) is 0 Å². The minimum absolute atomic E-state index is 0.0168. The molecule has 226 valence electrons. The number of anilines is 1. The monoisotopic (exact) mass is 583 g/mol. The van der Waals surface area contributed by atoms with E-state index in [1.807, 2.05) is 42.7 Å². The van der Waals surface area contributed by atoms with Gasteiger partial charge in [0.25, 0.3) is 0 Å². The zero-order valence-electron chi connectivity index (χ0n) is 25.5. The molecular formula is C33H41N7O3. The molecule has 0 aliphatic carbocycles. The quantitative estimate of drug-likeness (QED) is 0.284. The van der Waals surface area contributed by atoms with Crippen LogP contribution in [0.4, 0.5) is 10.6 Å². The number of aromatic amines is 1. The summed E-state index contributed by atoms with van der Waals surface area (Å²) < 4.78 is 13.6. The third kappa shape index (κ3) is 5.37. The molecule has 3 aliphatic rings. The number of aromatic nitrogens is 5. The highest BCUT2D eigenvalue weighted by atomic mass is 16.6.